The maximum Gasteiger partial charge on any atom is 0.120 e. The normalized spacial score (nSPS) is 10.1. The first kappa shape index (κ1) is 12.6. The number of phenols is 1. The molecule has 0 unspecified atom stereocenters. The van der Waals surface area contributed by atoms with Crippen LogP contribution in [0.5, 0.6) is 17.2 Å². The molecule has 2 aromatic carbocycles. The van der Waals surface area contributed by atoms with Crippen LogP contribution in [-0.2, 0) is 6.61 Å². The summed E-state index contributed by atoms with van der Waals surface area (Å²) in [5.41, 5.74) is 0.824. The van der Waals surface area contributed by atoms with Crippen molar-refractivity contribution in [2.75, 3.05) is 7.11 Å². The summed E-state index contributed by atoms with van der Waals surface area (Å²) in [4.78, 5) is 0. The third kappa shape index (κ3) is 3.08. The molecule has 0 amide bonds. The lowest BCUT2D eigenvalue weighted by Crippen LogP contribution is -1.96. The van der Waals surface area contributed by atoms with Gasteiger partial charge in [-0.3, -0.25) is 0 Å². The van der Waals surface area contributed by atoms with E-state index in [1.165, 1.54) is 6.07 Å². The van der Waals surface area contributed by atoms with Gasteiger partial charge in [-0.25, -0.2) is 0 Å². The molecule has 0 aliphatic heterocycles. The third-order valence-electron chi connectivity index (χ3n) is 2.49. The number of ether oxygens (including phenoxy) is 2. The van der Waals surface area contributed by atoms with Crippen molar-refractivity contribution in [3.05, 3.63) is 53.1 Å². The van der Waals surface area contributed by atoms with Gasteiger partial charge < -0.3 is 14.6 Å². The second-order valence-corrected chi connectivity index (χ2v) is 4.15. The van der Waals surface area contributed by atoms with Gasteiger partial charge in [-0.15, -0.1) is 0 Å². The fraction of sp³-hybridized carbons (Fsp3) is 0.143. The monoisotopic (exact) mass is 264 g/mol. The first-order valence-corrected chi connectivity index (χ1v) is 5.81. The molecule has 0 bridgehead atoms. The van der Waals surface area contributed by atoms with Gasteiger partial charge in [0.15, 0.2) is 0 Å². The molecule has 0 aliphatic carbocycles. The zero-order valence-electron chi connectivity index (χ0n) is 9.89. The molecule has 3 nitrogen and oxygen atoms in total. The molecule has 2 rings (SSSR count). The number of halogens is 1. The van der Waals surface area contributed by atoms with Crippen molar-refractivity contribution >= 4 is 11.6 Å². The van der Waals surface area contributed by atoms with E-state index < -0.39 is 0 Å². The molecule has 0 atom stereocenters. The molecular formula is C14H13ClO3. The lowest BCUT2D eigenvalue weighted by Gasteiger charge is -2.08. The van der Waals surface area contributed by atoms with E-state index >= 15 is 0 Å². The summed E-state index contributed by atoms with van der Waals surface area (Å²) >= 11 is 5.98. The van der Waals surface area contributed by atoms with Crippen molar-refractivity contribution in [2.24, 2.45) is 0 Å². The van der Waals surface area contributed by atoms with E-state index in [4.69, 9.17) is 21.1 Å². The summed E-state index contributed by atoms with van der Waals surface area (Å²) in [5, 5.41) is 9.73. The molecule has 0 radical (unpaired) electrons. The van der Waals surface area contributed by atoms with Crippen LogP contribution in [0.15, 0.2) is 42.5 Å². The first-order valence-electron chi connectivity index (χ1n) is 5.43. The van der Waals surface area contributed by atoms with E-state index in [-0.39, 0.29) is 5.75 Å². The van der Waals surface area contributed by atoms with Crippen LogP contribution in [-0.4, -0.2) is 12.2 Å². The molecule has 2 aromatic rings. The van der Waals surface area contributed by atoms with E-state index in [9.17, 15) is 5.11 Å². The highest BCUT2D eigenvalue weighted by atomic mass is 35.5. The Morgan fingerprint density at radius 3 is 2.33 bits per heavy atom. The third-order valence-corrected chi connectivity index (χ3v) is 2.84. The summed E-state index contributed by atoms with van der Waals surface area (Å²) in [6.45, 7) is 0.353. The molecule has 0 heterocycles. The van der Waals surface area contributed by atoms with Gasteiger partial charge in [0, 0.05) is 5.56 Å². The first-order chi connectivity index (χ1) is 8.69. The predicted octanol–water partition coefficient (Wildman–Crippen LogP) is 3.63. The van der Waals surface area contributed by atoms with Crippen LogP contribution in [0.2, 0.25) is 5.02 Å². The highest BCUT2D eigenvalue weighted by Crippen LogP contribution is 2.24. The second-order valence-electron chi connectivity index (χ2n) is 3.74. The van der Waals surface area contributed by atoms with Gasteiger partial charge in [-0.05, 0) is 36.4 Å². The van der Waals surface area contributed by atoms with Crippen molar-refractivity contribution in [1.29, 1.82) is 0 Å². The van der Waals surface area contributed by atoms with E-state index in [0.717, 1.165) is 17.1 Å². The molecule has 0 saturated heterocycles. The largest absolute Gasteiger partial charge is 0.508 e. The van der Waals surface area contributed by atoms with Gasteiger partial charge in [-0.2, -0.15) is 0 Å². The van der Waals surface area contributed by atoms with E-state index in [0.29, 0.717) is 11.6 Å². The summed E-state index contributed by atoms with van der Waals surface area (Å²) < 4.78 is 10.7. The van der Waals surface area contributed by atoms with Crippen LogP contribution < -0.4 is 9.47 Å². The van der Waals surface area contributed by atoms with Crippen LogP contribution in [0.25, 0.3) is 0 Å². The summed E-state index contributed by atoms with van der Waals surface area (Å²) in [7, 11) is 1.62. The Hall–Kier alpha value is -1.87. The van der Waals surface area contributed by atoms with Crippen LogP contribution in [0.1, 0.15) is 5.56 Å². The Kier molecular flexibility index (Phi) is 3.95. The zero-order valence-corrected chi connectivity index (χ0v) is 10.6. The van der Waals surface area contributed by atoms with Gasteiger partial charge in [0.25, 0.3) is 0 Å². The number of hydrogen-bond acceptors (Lipinski definition) is 3. The highest BCUT2D eigenvalue weighted by Gasteiger charge is 2.03. The minimum Gasteiger partial charge on any atom is -0.508 e. The number of hydrogen-bond donors (Lipinski definition) is 1. The van der Waals surface area contributed by atoms with Crippen molar-refractivity contribution in [3.63, 3.8) is 0 Å². The molecular weight excluding hydrogens is 252 g/mol. The molecule has 4 heteroatoms. The van der Waals surface area contributed by atoms with Gasteiger partial charge >= 0.3 is 0 Å². The van der Waals surface area contributed by atoms with Gasteiger partial charge in [0.05, 0.1) is 12.1 Å². The summed E-state index contributed by atoms with van der Waals surface area (Å²) in [6, 6.07) is 12.1. The number of rotatable bonds is 4. The van der Waals surface area contributed by atoms with E-state index in [1.807, 2.05) is 24.3 Å². The maximum absolute atomic E-state index is 9.24. The van der Waals surface area contributed by atoms with Crippen molar-refractivity contribution < 1.29 is 14.6 Å². The molecule has 1 N–H and O–H groups in total. The van der Waals surface area contributed by atoms with Crippen LogP contribution in [0.3, 0.4) is 0 Å². The molecule has 94 valence electrons. The van der Waals surface area contributed by atoms with Crippen LogP contribution in [0, 0.1) is 0 Å². The quantitative estimate of drug-likeness (QED) is 0.916. The number of benzene rings is 2. The standard InChI is InChI=1S/C14H13ClO3/c1-17-12-4-6-13(7-5-12)18-9-10-2-3-11(16)8-14(10)15/h2-8,16H,9H2,1H3. The lowest BCUT2D eigenvalue weighted by atomic mass is 10.2. The molecule has 0 aliphatic rings. The van der Waals surface area contributed by atoms with Crippen molar-refractivity contribution in [1.82, 2.24) is 0 Å². The van der Waals surface area contributed by atoms with Gasteiger partial charge in [0.2, 0.25) is 0 Å². The highest BCUT2D eigenvalue weighted by molar-refractivity contribution is 6.31. The predicted molar refractivity (Wildman–Crippen MR) is 70.4 cm³/mol. The summed E-state index contributed by atoms with van der Waals surface area (Å²) in [6.07, 6.45) is 0. The topological polar surface area (TPSA) is 38.7 Å². The molecule has 18 heavy (non-hydrogen) atoms. The minimum absolute atomic E-state index is 0.146. The Bertz CT molecular complexity index is 523. The Morgan fingerprint density at radius 1 is 1.06 bits per heavy atom. The van der Waals surface area contributed by atoms with E-state index in [2.05, 4.69) is 0 Å². The maximum atomic E-state index is 9.24. The van der Waals surface area contributed by atoms with Crippen LogP contribution in [0.4, 0.5) is 0 Å². The van der Waals surface area contributed by atoms with Gasteiger partial charge in [-0.1, -0.05) is 17.7 Å². The van der Waals surface area contributed by atoms with Crippen molar-refractivity contribution in [2.45, 2.75) is 6.61 Å². The summed E-state index contributed by atoms with van der Waals surface area (Å²) in [5.74, 6) is 1.66. The zero-order chi connectivity index (χ0) is 13.0. The molecule has 0 saturated carbocycles. The second kappa shape index (κ2) is 5.65. The Labute approximate surface area is 111 Å². The SMILES string of the molecule is COc1ccc(OCc2ccc(O)cc2Cl)cc1. The van der Waals surface area contributed by atoms with Crippen LogP contribution >= 0.6 is 11.6 Å². The average molecular weight is 265 g/mol. The Morgan fingerprint density at radius 2 is 1.72 bits per heavy atom. The average Bonchev–Trinajstić information content (AvgIpc) is 2.38. The smallest absolute Gasteiger partial charge is 0.120 e. The lowest BCUT2D eigenvalue weighted by molar-refractivity contribution is 0.305. The minimum atomic E-state index is 0.146. The fourth-order valence-corrected chi connectivity index (χ4v) is 1.72. The number of aromatic hydroxyl groups is 1. The number of methoxy groups -OCH3 is 1. The molecule has 0 aromatic heterocycles. The fourth-order valence-electron chi connectivity index (χ4n) is 1.49. The van der Waals surface area contributed by atoms with E-state index in [1.54, 1.807) is 19.2 Å². The van der Waals surface area contributed by atoms with Crippen molar-refractivity contribution in [3.8, 4) is 17.2 Å². The van der Waals surface area contributed by atoms with Gasteiger partial charge in [0.1, 0.15) is 23.9 Å². The Balaban J connectivity index is 2.02. The molecule has 0 fully saturated rings. The molecule has 0 spiro atoms. The number of phenolic OH excluding ortho intramolecular Hbond substituents is 1.